The third-order valence-electron chi connectivity index (χ3n) is 5.17. The average molecular weight is 415 g/mol. The average Bonchev–Trinajstić information content (AvgIpc) is 2.73. The molecule has 0 aliphatic carbocycles. The van der Waals surface area contributed by atoms with Crippen molar-refractivity contribution in [2.45, 2.75) is 58.5 Å². The second-order valence-electron chi connectivity index (χ2n) is 7.33. The van der Waals surface area contributed by atoms with E-state index >= 15 is 0 Å². The molecule has 2 aromatic rings. The lowest BCUT2D eigenvalue weighted by molar-refractivity contribution is -0.140. The number of nitrogens with zero attached hydrogens (tertiary/aromatic N) is 1. The van der Waals surface area contributed by atoms with Gasteiger partial charge in [-0.05, 0) is 43.4 Å². The zero-order chi connectivity index (χ0) is 21.2. The highest BCUT2D eigenvalue weighted by molar-refractivity contribution is 6.31. The number of halogens is 1. The largest absolute Gasteiger partial charge is 0.352 e. The summed E-state index contributed by atoms with van der Waals surface area (Å²) < 4.78 is 0. The Kier molecular flexibility index (Phi) is 9.20. The third kappa shape index (κ3) is 6.90. The van der Waals surface area contributed by atoms with Gasteiger partial charge >= 0.3 is 0 Å². The number of carbonyl (C=O) groups is 2. The molecule has 0 spiro atoms. The number of rotatable bonds is 10. The summed E-state index contributed by atoms with van der Waals surface area (Å²) >= 11 is 6.26. The first-order valence-corrected chi connectivity index (χ1v) is 10.7. The summed E-state index contributed by atoms with van der Waals surface area (Å²) in [5, 5.41) is 3.60. The Hall–Kier alpha value is -2.33. The minimum absolute atomic E-state index is 0.0752. The lowest BCUT2D eigenvalue weighted by atomic mass is 10.1. The molecule has 0 aliphatic heterocycles. The molecular formula is C24H31ClN2O2. The van der Waals surface area contributed by atoms with Gasteiger partial charge in [-0.3, -0.25) is 9.59 Å². The molecule has 2 amide bonds. The molecule has 0 bridgehead atoms. The molecule has 2 rings (SSSR count). The van der Waals surface area contributed by atoms with Crippen LogP contribution in [0.3, 0.4) is 0 Å². The predicted molar refractivity (Wildman–Crippen MR) is 119 cm³/mol. The highest BCUT2D eigenvalue weighted by Gasteiger charge is 2.29. The van der Waals surface area contributed by atoms with E-state index in [9.17, 15) is 9.59 Å². The van der Waals surface area contributed by atoms with Crippen molar-refractivity contribution in [1.82, 2.24) is 10.2 Å². The molecule has 0 fully saturated rings. The van der Waals surface area contributed by atoms with E-state index in [1.54, 1.807) is 11.0 Å². The summed E-state index contributed by atoms with van der Waals surface area (Å²) in [6.07, 6.45) is 2.29. The minimum atomic E-state index is -0.498. The fourth-order valence-electron chi connectivity index (χ4n) is 3.24. The monoisotopic (exact) mass is 414 g/mol. The van der Waals surface area contributed by atoms with E-state index in [0.717, 1.165) is 17.5 Å². The molecule has 2 aromatic carbocycles. The molecule has 0 radical (unpaired) electrons. The molecule has 29 heavy (non-hydrogen) atoms. The standard InChI is InChI=1S/C24H31ClN2O2/c1-4-18(3)26-24(29)22(5-2)27(16-15-19-11-7-6-8-12-19)23(28)17-20-13-9-10-14-21(20)25/h6-14,18,22H,4-5,15-17H2,1-3H3,(H,26,29)/t18-,22+/m1/s1. The molecule has 0 aromatic heterocycles. The molecular weight excluding hydrogens is 384 g/mol. The third-order valence-corrected chi connectivity index (χ3v) is 5.54. The number of carbonyl (C=O) groups excluding carboxylic acids is 2. The Balaban J connectivity index is 2.21. The van der Waals surface area contributed by atoms with Crippen LogP contribution in [0.15, 0.2) is 54.6 Å². The number of benzene rings is 2. The topological polar surface area (TPSA) is 49.4 Å². The number of amides is 2. The molecule has 0 heterocycles. The molecule has 0 saturated carbocycles. The van der Waals surface area contributed by atoms with Gasteiger partial charge in [-0.1, -0.05) is 74.0 Å². The summed E-state index contributed by atoms with van der Waals surface area (Å²) in [5.41, 5.74) is 1.92. The second kappa shape index (κ2) is 11.6. The summed E-state index contributed by atoms with van der Waals surface area (Å²) in [4.78, 5) is 27.8. The van der Waals surface area contributed by atoms with Crippen LogP contribution in [-0.2, 0) is 22.4 Å². The van der Waals surface area contributed by atoms with Gasteiger partial charge in [0.15, 0.2) is 0 Å². The van der Waals surface area contributed by atoms with Gasteiger partial charge in [0, 0.05) is 17.6 Å². The summed E-state index contributed by atoms with van der Waals surface area (Å²) in [6, 6.07) is 16.9. The Morgan fingerprint density at radius 2 is 1.66 bits per heavy atom. The molecule has 5 heteroatoms. The fraction of sp³-hybridized carbons (Fsp3) is 0.417. The van der Waals surface area contributed by atoms with Gasteiger partial charge in [0.1, 0.15) is 6.04 Å². The highest BCUT2D eigenvalue weighted by Crippen LogP contribution is 2.18. The fourth-order valence-corrected chi connectivity index (χ4v) is 3.45. The normalized spacial score (nSPS) is 12.8. The van der Waals surface area contributed by atoms with Crippen LogP contribution in [0.25, 0.3) is 0 Å². The van der Waals surface area contributed by atoms with Crippen LogP contribution in [0.5, 0.6) is 0 Å². The summed E-state index contributed by atoms with van der Waals surface area (Å²) in [6.45, 7) is 6.44. The molecule has 0 saturated heterocycles. The minimum Gasteiger partial charge on any atom is -0.352 e. The maximum absolute atomic E-state index is 13.2. The van der Waals surface area contributed by atoms with Crippen molar-refractivity contribution in [2.75, 3.05) is 6.54 Å². The van der Waals surface area contributed by atoms with Crippen LogP contribution < -0.4 is 5.32 Å². The van der Waals surface area contributed by atoms with Gasteiger partial charge in [0.05, 0.1) is 6.42 Å². The molecule has 0 aliphatic rings. The van der Waals surface area contributed by atoms with Crippen LogP contribution in [0, 0.1) is 0 Å². The van der Waals surface area contributed by atoms with Crippen molar-refractivity contribution < 1.29 is 9.59 Å². The Morgan fingerprint density at radius 3 is 2.28 bits per heavy atom. The van der Waals surface area contributed by atoms with Gasteiger partial charge in [0.2, 0.25) is 11.8 Å². The maximum atomic E-state index is 13.2. The highest BCUT2D eigenvalue weighted by atomic mass is 35.5. The smallest absolute Gasteiger partial charge is 0.243 e. The van der Waals surface area contributed by atoms with Crippen LogP contribution in [-0.4, -0.2) is 35.3 Å². The molecule has 4 nitrogen and oxygen atoms in total. The quantitative estimate of drug-likeness (QED) is 0.615. The van der Waals surface area contributed by atoms with Crippen molar-refractivity contribution in [3.8, 4) is 0 Å². The van der Waals surface area contributed by atoms with Crippen LogP contribution in [0.2, 0.25) is 5.02 Å². The Bertz CT molecular complexity index is 794. The van der Waals surface area contributed by atoms with Crippen LogP contribution in [0.1, 0.15) is 44.7 Å². The molecule has 156 valence electrons. The van der Waals surface area contributed by atoms with E-state index < -0.39 is 6.04 Å². The van der Waals surface area contributed by atoms with E-state index in [0.29, 0.717) is 24.4 Å². The van der Waals surface area contributed by atoms with E-state index in [1.165, 1.54) is 0 Å². The van der Waals surface area contributed by atoms with E-state index in [-0.39, 0.29) is 24.3 Å². The molecule has 2 atom stereocenters. The lowest BCUT2D eigenvalue weighted by Gasteiger charge is -2.31. The van der Waals surface area contributed by atoms with E-state index in [4.69, 9.17) is 11.6 Å². The number of hydrogen-bond donors (Lipinski definition) is 1. The van der Waals surface area contributed by atoms with Crippen molar-refractivity contribution in [3.05, 3.63) is 70.7 Å². The van der Waals surface area contributed by atoms with Gasteiger partial charge in [-0.15, -0.1) is 0 Å². The van der Waals surface area contributed by atoms with Crippen LogP contribution >= 0.6 is 11.6 Å². The molecule has 0 unspecified atom stereocenters. The van der Waals surface area contributed by atoms with E-state index in [1.807, 2.05) is 69.3 Å². The SMILES string of the molecule is CC[C@@H](C)NC(=O)[C@H](CC)N(CCc1ccccc1)C(=O)Cc1ccccc1Cl. The number of nitrogens with one attached hydrogen (secondary N) is 1. The maximum Gasteiger partial charge on any atom is 0.243 e. The van der Waals surface area contributed by atoms with Crippen molar-refractivity contribution in [3.63, 3.8) is 0 Å². The Labute approximate surface area is 179 Å². The lowest BCUT2D eigenvalue weighted by Crippen LogP contribution is -2.52. The predicted octanol–water partition coefficient (Wildman–Crippen LogP) is 4.65. The van der Waals surface area contributed by atoms with Gasteiger partial charge in [-0.2, -0.15) is 0 Å². The molecule has 1 N–H and O–H groups in total. The second-order valence-corrected chi connectivity index (χ2v) is 7.74. The van der Waals surface area contributed by atoms with E-state index in [2.05, 4.69) is 5.32 Å². The zero-order valence-corrected chi connectivity index (χ0v) is 18.3. The zero-order valence-electron chi connectivity index (χ0n) is 17.5. The van der Waals surface area contributed by atoms with Gasteiger partial charge in [-0.25, -0.2) is 0 Å². The van der Waals surface area contributed by atoms with Gasteiger partial charge in [0.25, 0.3) is 0 Å². The first-order valence-electron chi connectivity index (χ1n) is 10.3. The van der Waals surface area contributed by atoms with Crippen molar-refractivity contribution in [2.24, 2.45) is 0 Å². The number of hydrogen-bond acceptors (Lipinski definition) is 2. The first kappa shape index (κ1) is 23.0. The van der Waals surface area contributed by atoms with Crippen molar-refractivity contribution >= 4 is 23.4 Å². The van der Waals surface area contributed by atoms with Crippen molar-refractivity contribution in [1.29, 1.82) is 0 Å². The Morgan fingerprint density at radius 1 is 1.00 bits per heavy atom. The van der Waals surface area contributed by atoms with Crippen LogP contribution in [0.4, 0.5) is 0 Å². The van der Waals surface area contributed by atoms with Gasteiger partial charge < -0.3 is 10.2 Å². The first-order chi connectivity index (χ1) is 14.0. The summed E-state index contributed by atoms with van der Waals surface area (Å²) in [7, 11) is 0. The summed E-state index contributed by atoms with van der Waals surface area (Å²) in [5.74, 6) is -0.178.